The number of nitrogens with one attached hydrogen (secondary N) is 1. The lowest BCUT2D eigenvalue weighted by Gasteiger charge is -2.35. The van der Waals surface area contributed by atoms with Crippen molar-refractivity contribution in [2.45, 2.75) is 31.3 Å². The summed E-state index contributed by atoms with van der Waals surface area (Å²) in [5.41, 5.74) is -0.482. The van der Waals surface area contributed by atoms with Crippen molar-refractivity contribution in [2.75, 3.05) is 45.0 Å². The smallest absolute Gasteiger partial charge is 0.410 e. The third-order valence-electron chi connectivity index (χ3n) is 3.96. The van der Waals surface area contributed by atoms with Crippen LogP contribution in [0.3, 0.4) is 0 Å². The summed E-state index contributed by atoms with van der Waals surface area (Å²) in [7, 11) is 0. The fourth-order valence-electron chi connectivity index (χ4n) is 2.56. The van der Waals surface area contributed by atoms with Crippen LogP contribution in [0, 0.1) is 5.82 Å². The molecule has 1 aliphatic heterocycles. The van der Waals surface area contributed by atoms with Crippen molar-refractivity contribution < 1.29 is 18.7 Å². The van der Waals surface area contributed by atoms with Crippen LogP contribution in [-0.4, -0.2) is 72.4 Å². The summed E-state index contributed by atoms with van der Waals surface area (Å²) >= 11 is 1.38. The second-order valence-electron chi connectivity index (χ2n) is 7.40. The Balaban J connectivity index is 1.59. The van der Waals surface area contributed by atoms with E-state index in [-0.39, 0.29) is 17.8 Å². The number of nitrogens with zero attached hydrogens (tertiary/aromatic N) is 2. The van der Waals surface area contributed by atoms with Gasteiger partial charge in [0.2, 0.25) is 5.91 Å². The Bertz CT molecular complexity index is 626. The molecule has 27 heavy (non-hydrogen) atoms. The number of piperazine rings is 1. The Morgan fingerprint density at radius 3 is 2.37 bits per heavy atom. The lowest BCUT2D eigenvalue weighted by molar-refractivity contribution is -0.118. The summed E-state index contributed by atoms with van der Waals surface area (Å²) in [6.45, 7) is 9.67. The summed E-state index contributed by atoms with van der Waals surface area (Å²) in [5, 5.41) is 2.90. The maximum atomic E-state index is 12.8. The fourth-order valence-corrected chi connectivity index (χ4v) is 3.29. The highest BCUT2D eigenvalue weighted by molar-refractivity contribution is 8.00. The highest BCUT2D eigenvalue weighted by Gasteiger charge is 2.25. The fraction of sp³-hybridized carbons (Fsp3) is 0.579. The van der Waals surface area contributed by atoms with Crippen LogP contribution >= 0.6 is 11.8 Å². The largest absolute Gasteiger partial charge is 0.444 e. The number of hydrogen-bond donors (Lipinski definition) is 1. The summed E-state index contributed by atoms with van der Waals surface area (Å²) in [6, 6.07) is 6.10. The Labute approximate surface area is 164 Å². The molecule has 150 valence electrons. The molecule has 1 aromatic carbocycles. The van der Waals surface area contributed by atoms with E-state index in [2.05, 4.69) is 10.2 Å². The zero-order valence-electron chi connectivity index (χ0n) is 16.2. The number of carbonyl (C=O) groups is 2. The second kappa shape index (κ2) is 9.94. The van der Waals surface area contributed by atoms with Crippen LogP contribution in [0.2, 0.25) is 0 Å². The van der Waals surface area contributed by atoms with E-state index in [1.54, 1.807) is 17.0 Å². The minimum absolute atomic E-state index is 0.0447. The van der Waals surface area contributed by atoms with Crippen LogP contribution in [0.1, 0.15) is 20.8 Å². The average Bonchev–Trinajstić information content (AvgIpc) is 2.60. The molecule has 0 saturated carbocycles. The lowest BCUT2D eigenvalue weighted by Crippen LogP contribution is -2.51. The maximum Gasteiger partial charge on any atom is 0.410 e. The molecule has 1 aliphatic rings. The molecule has 0 unspecified atom stereocenters. The molecule has 0 radical (unpaired) electrons. The van der Waals surface area contributed by atoms with E-state index in [4.69, 9.17) is 4.74 Å². The lowest BCUT2D eigenvalue weighted by atomic mass is 10.2. The van der Waals surface area contributed by atoms with Crippen LogP contribution < -0.4 is 5.32 Å². The van der Waals surface area contributed by atoms with Crippen molar-refractivity contribution in [3.8, 4) is 0 Å². The van der Waals surface area contributed by atoms with Crippen LogP contribution in [0.5, 0.6) is 0 Å². The Hall–Kier alpha value is -1.80. The van der Waals surface area contributed by atoms with Crippen molar-refractivity contribution >= 4 is 23.8 Å². The van der Waals surface area contributed by atoms with Gasteiger partial charge in [-0.1, -0.05) is 0 Å². The Morgan fingerprint density at radius 1 is 1.15 bits per heavy atom. The number of rotatable bonds is 6. The van der Waals surface area contributed by atoms with Crippen molar-refractivity contribution in [2.24, 2.45) is 0 Å². The molecule has 0 aromatic heterocycles. The van der Waals surface area contributed by atoms with Crippen molar-refractivity contribution in [3.63, 3.8) is 0 Å². The number of thioether (sulfide) groups is 1. The SMILES string of the molecule is CC(C)(C)OC(=O)N1CCN(CCNC(=O)CSc2ccc(F)cc2)CC1. The maximum absolute atomic E-state index is 12.8. The van der Waals surface area contributed by atoms with Gasteiger partial charge in [-0.3, -0.25) is 9.69 Å². The van der Waals surface area contributed by atoms with Gasteiger partial charge in [-0.05, 0) is 45.0 Å². The van der Waals surface area contributed by atoms with Gasteiger partial charge in [0, 0.05) is 44.2 Å². The van der Waals surface area contributed by atoms with Gasteiger partial charge in [0.1, 0.15) is 11.4 Å². The van der Waals surface area contributed by atoms with Gasteiger partial charge in [-0.25, -0.2) is 9.18 Å². The number of hydrogen-bond acceptors (Lipinski definition) is 5. The molecule has 1 N–H and O–H groups in total. The normalized spacial score (nSPS) is 15.5. The molecule has 1 aromatic rings. The van der Waals surface area contributed by atoms with Crippen molar-refractivity contribution in [1.82, 2.24) is 15.1 Å². The van der Waals surface area contributed by atoms with Crippen molar-refractivity contribution in [1.29, 1.82) is 0 Å². The minimum Gasteiger partial charge on any atom is -0.444 e. The zero-order valence-corrected chi connectivity index (χ0v) is 17.0. The number of amides is 2. The van der Waals surface area contributed by atoms with Gasteiger partial charge < -0.3 is 15.0 Å². The first-order valence-corrected chi connectivity index (χ1v) is 10.1. The van der Waals surface area contributed by atoms with E-state index in [1.807, 2.05) is 20.8 Å². The van der Waals surface area contributed by atoms with E-state index in [0.29, 0.717) is 25.4 Å². The predicted octanol–water partition coefficient (Wildman–Crippen LogP) is 2.59. The summed E-state index contributed by atoms with van der Waals surface area (Å²) in [6.07, 6.45) is -0.270. The highest BCUT2D eigenvalue weighted by Crippen LogP contribution is 2.17. The molecule has 2 amide bonds. The Morgan fingerprint density at radius 2 is 1.78 bits per heavy atom. The first-order valence-electron chi connectivity index (χ1n) is 9.08. The number of carbonyl (C=O) groups excluding carboxylic acids is 2. The van der Waals surface area contributed by atoms with Crippen molar-refractivity contribution in [3.05, 3.63) is 30.1 Å². The molecule has 1 saturated heterocycles. The summed E-state index contributed by atoms with van der Waals surface area (Å²) < 4.78 is 18.2. The topological polar surface area (TPSA) is 61.9 Å². The van der Waals surface area contributed by atoms with E-state index in [1.165, 1.54) is 23.9 Å². The highest BCUT2D eigenvalue weighted by atomic mass is 32.2. The monoisotopic (exact) mass is 397 g/mol. The van der Waals surface area contributed by atoms with Crippen LogP contribution in [-0.2, 0) is 9.53 Å². The average molecular weight is 398 g/mol. The first kappa shape index (κ1) is 21.5. The zero-order chi connectivity index (χ0) is 19.9. The third kappa shape index (κ3) is 8.17. The van der Waals surface area contributed by atoms with Gasteiger partial charge in [0.15, 0.2) is 0 Å². The molecular formula is C19H28FN3O3S. The molecule has 1 heterocycles. The molecule has 0 spiro atoms. The van der Waals surface area contributed by atoms with Crippen LogP contribution in [0.25, 0.3) is 0 Å². The number of benzene rings is 1. The van der Waals surface area contributed by atoms with Gasteiger partial charge in [-0.15, -0.1) is 11.8 Å². The standard InChI is InChI=1S/C19H28FN3O3S/c1-19(2,3)26-18(25)23-12-10-22(11-13-23)9-8-21-17(24)14-27-16-6-4-15(20)5-7-16/h4-7H,8-14H2,1-3H3,(H,21,24). The first-order chi connectivity index (χ1) is 12.7. The van der Waals surface area contributed by atoms with E-state index in [9.17, 15) is 14.0 Å². The van der Waals surface area contributed by atoms with E-state index < -0.39 is 5.60 Å². The van der Waals surface area contributed by atoms with Crippen LogP contribution in [0.4, 0.5) is 9.18 Å². The van der Waals surface area contributed by atoms with E-state index in [0.717, 1.165) is 24.5 Å². The van der Waals surface area contributed by atoms with Gasteiger partial charge in [0.05, 0.1) is 5.75 Å². The molecule has 0 atom stereocenters. The second-order valence-corrected chi connectivity index (χ2v) is 8.45. The third-order valence-corrected chi connectivity index (χ3v) is 4.97. The number of ether oxygens (including phenoxy) is 1. The molecule has 0 aliphatic carbocycles. The number of halogens is 1. The molecule has 2 rings (SSSR count). The summed E-state index contributed by atoms with van der Waals surface area (Å²) in [5.74, 6) is -0.0230. The molecule has 1 fully saturated rings. The van der Waals surface area contributed by atoms with Crippen LogP contribution in [0.15, 0.2) is 29.2 Å². The molecule has 0 bridgehead atoms. The minimum atomic E-state index is -0.482. The summed E-state index contributed by atoms with van der Waals surface area (Å²) in [4.78, 5) is 28.7. The quantitative estimate of drug-likeness (QED) is 0.748. The molecule has 6 nitrogen and oxygen atoms in total. The van der Waals surface area contributed by atoms with Gasteiger partial charge in [0.25, 0.3) is 0 Å². The molecular weight excluding hydrogens is 369 g/mol. The van der Waals surface area contributed by atoms with Gasteiger partial charge >= 0.3 is 6.09 Å². The Kier molecular flexibility index (Phi) is 7.91. The van der Waals surface area contributed by atoms with Gasteiger partial charge in [-0.2, -0.15) is 0 Å². The van der Waals surface area contributed by atoms with E-state index >= 15 is 0 Å². The predicted molar refractivity (Wildman–Crippen MR) is 104 cm³/mol. The molecule has 8 heteroatoms.